The fraction of sp³-hybridized carbons (Fsp3) is 0.789. The van der Waals surface area contributed by atoms with Crippen molar-refractivity contribution >= 4 is 41.7 Å². The Morgan fingerprint density at radius 1 is 1.19 bits per heavy atom. The summed E-state index contributed by atoms with van der Waals surface area (Å²) in [6.45, 7) is 8.40. The first-order valence-corrected chi connectivity index (χ1v) is 11.0. The minimum atomic E-state index is 0. The first-order chi connectivity index (χ1) is 12.6. The Morgan fingerprint density at radius 3 is 2.41 bits per heavy atom. The van der Waals surface area contributed by atoms with Crippen LogP contribution in [0, 0.1) is 13.8 Å². The highest BCUT2D eigenvalue weighted by atomic mass is 127. The number of nitrogens with one attached hydrogen (secondary N) is 2. The first-order valence-electron chi connectivity index (χ1n) is 9.82. The van der Waals surface area contributed by atoms with E-state index in [4.69, 9.17) is 0 Å². The molecule has 1 aromatic heterocycles. The lowest BCUT2D eigenvalue weighted by Gasteiger charge is -2.43. The number of aliphatic imine (C=N–C) groups is 1. The minimum absolute atomic E-state index is 0. The molecule has 1 aromatic rings. The van der Waals surface area contributed by atoms with Crippen molar-refractivity contribution < 1.29 is 0 Å². The van der Waals surface area contributed by atoms with E-state index < -0.39 is 0 Å². The van der Waals surface area contributed by atoms with Crippen LogP contribution in [-0.4, -0.2) is 64.4 Å². The van der Waals surface area contributed by atoms with Gasteiger partial charge in [0.25, 0.3) is 0 Å². The van der Waals surface area contributed by atoms with Crippen LogP contribution in [0.4, 0.5) is 0 Å². The van der Waals surface area contributed by atoms with Crippen molar-refractivity contribution in [1.82, 2.24) is 25.3 Å². The average molecular weight is 507 g/mol. The number of rotatable bonds is 5. The van der Waals surface area contributed by atoms with Gasteiger partial charge in [0.15, 0.2) is 5.96 Å². The summed E-state index contributed by atoms with van der Waals surface area (Å²) in [6.07, 6.45) is 5.32. The Labute approximate surface area is 185 Å². The molecule has 1 saturated carbocycles. The van der Waals surface area contributed by atoms with Crippen molar-refractivity contribution in [3.05, 3.63) is 17.0 Å². The van der Waals surface area contributed by atoms with Gasteiger partial charge in [-0.3, -0.25) is 14.6 Å². The predicted octanol–water partition coefficient (Wildman–Crippen LogP) is 2.68. The zero-order chi connectivity index (χ0) is 18.6. The van der Waals surface area contributed by atoms with Gasteiger partial charge in [-0.1, -0.05) is 12.8 Å². The van der Waals surface area contributed by atoms with E-state index in [1.165, 1.54) is 61.5 Å². The van der Waals surface area contributed by atoms with E-state index in [9.17, 15) is 0 Å². The van der Waals surface area contributed by atoms with Crippen LogP contribution in [0.15, 0.2) is 4.99 Å². The molecular weight excluding hydrogens is 471 g/mol. The summed E-state index contributed by atoms with van der Waals surface area (Å²) in [7, 11) is 3.86. The molecule has 0 radical (unpaired) electrons. The molecule has 0 unspecified atom stereocenters. The molecule has 2 N–H and O–H groups in total. The lowest BCUT2D eigenvalue weighted by molar-refractivity contribution is 0.107. The average Bonchev–Trinajstić information content (AvgIpc) is 3.23. The van der Waals surface area contributed by atoms with E-state index in [0.29, 0.717) is 5.54 Å². The van der Waals surface area contributed by atoms with Gasteiger partial charge in [0, 0.05) is 68.6 Å². The summed E-state index contributed by atoms with van der Waals surface area (Å²) in [5.74, 6) is 3.44. The second-order valence-electron chi connectivity index (χ2n) is 7.58. The number of halogens is 1. The normalized spacial score (nSPS) is 20.4. The molecule has 2 aliphatic rings. The standard InChI is InChI=1S/C19H34N6S.HI/c1-15-17(16(2)24(4)23-15)13-21-18(20-3)22-14-19(7-5-6-8-19)25-9-11-26-12-10-25;/h5-14H2,1-4H3,(H2,20,21,22);1H. The van der Waals surface area contributed by atoms with Gasteiger partial charge in [-0.05, 0) is 26.7 Å². The molecule has 2 fully saturated rings. The zero-order valence-electron chi connectivity index (χ0n) is 17.2. The van der Waals surface area contributed by atoms with Crippen molar-refractivity contribution in [3.8, 4) is 0 Å². The molecule has 0 bridgehead atoms. The number of aryl methyl sites for hydroxylation is 2. The van der Waals surface area contributed by atoms with E-state index in [1.807, 2.05) is 18.8 Å². The van der Waals surface area contributed by atoms with Crippen molar-refractivity contribution in [3.63, 3.8) is 0 Å². The summed E-state index contributed by atoms with van der Waals surface area (Å²) in [4.78, 5) is 7.19. The van der Waals surface area contributed by atoms with Crippen LogP contribution >= 0.6 is 35.7 Å². The number of hydrogen-bond acceptors (Lipinski definition) is 4. The maximum Gasteiger partial charge on any atom is 0.191 e. The number of thioether (sulfide) groups is 1. The van der Waals surface area contributed by atoms with Crippen molar-refractivity contribution in [2.24, 2.45) is 12.0 Å². The maximum absolute atomic E-state index is 4.50. The number of nitrogens with zero attached hydrogens (tertiary/aromatic N) is 4. The Morgan fingerprint density at radius 2 is 1.85 bits per heavy atom. The van der Waals surface area contributed by atoms with E-state index >= 15 is 0 Å². The van der Waals surface area contributed by atoms with Crippen LogP contribution in [0.5, 0.6) is 0 Å². The third kappa shape index (κ3) is 5.32. The van der Waals surface area contributed by atoms with Crippen LogP contribution in [0.3, 0.4) is 0 Å². The summed E-state index contributed by atoms with van der Waals surface area (Å²) in [6, 6.07) is 0. The Bertz CT molecular complexity index is 632. The minimum Gasteiger partial charge on any atom is -0.355 e. The molecule has 27 heavy (non-hydrogen) atoms. The molecule has 2 heterocycles. The van der Waals surface area contributed by atoms with Crippen molar-refractivity contribution in [1.29, 1.82) is 0 Å². The summed E-state index contributed by atoms with van der Waals surface area (Å²) in [5, 5.41) is 11.6. The van der Waals surface area contributed by atoms with Crippen LogP contribution in [0.25, 0.3) is 0 Å². The van der Waals surface area contributed by atoms with Crippen LogP contribution < -0.4 is 10.6 Å². The van der Waals surface area contributed by atoms with E-state index in [0.717, 1.165) is 24.7 Å². The quantitative estimate of drug-likeness (QED) is 0.366. The van der Waals surface area contributed by atoms with E-state index in [1.54, 1.807) is 0 Å². The summed E-state index contributed by atoms with van der Waals surface area (Å²) in [5.41, 5.74) is 3.88. The molecule has 0 aromatic carbocycles. The van der Waals surface area contributed by atoms with Gasteiger partial charge in [-0.25, -0.2) is 0 Å². The number of hydrogen-bond donors (Lipinski definition) is 2. The Balaban J connectivity index is 0.00000261. The second kappa shape index (κ2) is 10.3. The number of guanidine groups is 1. The highest BCUT2D eigenvalue weighted by Crippen LogP contribution is 2.36. The highest BCUT2D eigenvalue weighted by Gasteiger charge is 2.39. The topological polar surface area (TPSA) is 57.5 Å². The van der Waals surface area contributed by atoms with Gasteiger partial charge in [0.2, 0.25) is 0 Å². The fourth-order valence-corrected chi connectivity index (χ4v) is 5.29. The summed E-state index contributed by atoms with van der Waals surface area (Å²) >= 11 is 2.09. The van der Waals surface area contributed by atoms with Crippen LogP contribution in [0.2, 0.25) is 0 Å². The van der Waals surface area contributed by atoms with Gasteiger partial charge < -0.3 is 10.6 Å². The van der Waals surface area contributed by atoms with Gasteiger partial charge in [-0.2, -0.15) is 16.9 Å². The monoisotopic (exact) mass is 506 g/mol. The van der Waals surface area contributed by atoms with Gasteiger partial charge >= 0.3 is 0 Å². The molecule has 3 rings (SSSR count). The molecule has 154 valence electrons. The summed E-state index contributed by atoms with van der Waals surface area (Å²) < 4.78 is 1.95. The van der Waals surface area contributed by atoms with Crippen molar-refractivity contribution in [2.75, 3.05) is 38.2 Å². The number of aromatic nitrogens is 2. The third-order valence-corrected chi connectivity index (χ3v) is 7.06. The SMILES string of the molecule is CN=C(NCc1c(C)nn(C)c1C)NCC1(N2CCSCC2)CCCC1.I. The molecule has 0 atom stereocenters. The molecule has 1 aliphatic heterocycles. The van der Waals surface area contributed by atoms with Crippen molar-refractivity contribution in [2.45, 2.75) is 51.6 Å². The van der Waals surface area contributed by atoms with Crippen LogP contribution in [-0.2, 0) is 13.6 Å². The molecule has 0 spiro atoms. The largest absolute Gasteiger partial charge is 0.355 e. The molecule has 1 aliphatic carbocycles. The first kappa shape index (κ1) is 22.8. The second-order valence-corrected chi connectivity index (χ2v) is 8.81. The highest BCUT2D eigenvalue weighted by molar-refractivity contribution is 14.0. The van der Waals surface area contributed by atoms with Gasteiger partial charge in [-0.15, -0.1) is 24.0 Å². The van der Waals surface area contributed by atoms with E-state index in [2.05, 4.69) is 51.2 Å². The molecular formula is C19H35IN6S. The van der Waals surface area contributed by atoms with Gasteiger partial charge in [0.05, 0.1) is 5.69 Å². The maximum atomic E-state index is 4.50. The Kier molecular flexibility index (Phi) is 8.73. The zero-order valence-corrected chi connectivity index (χ0v) is 20.3. The smallest absolute Gasteiger partial charge is 0.191 e. The molecule has 0 amide bonds. The molecule has 1 saturated heterocycles. The lowest BCUT2D eigenvalue weighted by Crippen LogP contribution is -2.57. The molecule has 8 heteroatoms. The lowest BCUT2D eigenvalue weighted by atomic mass is 9.94. The third-order valence-electron chi connectivity index (χ3n) is 6.12. The predicted molar refractivity (Wildman–Crippen MR) is 126 cm³/mol. The van der Waals surface area contributed by atoms with E-state index in [-0.39, 0.29) is 24.0 Å². The van der Waals surface area contributed by atoms with Gasteiger partial charge in [0.1, 0.15) is 0 Å². The van der Waals surface area contributed by atoms with Crippen LogP contribution in [0.1, 0.15) is 42.6 Å². The fourth-order valence-electron chi connectivity index (χ4n) is 4.39. The molecule has 6 nitrogen and oxygen atoms in total. The Hall–Kier alpha value is -0.480.